The van der Waals surface area contributed by atoms with Gasteiger partial charge in [-0.2, -0.15) is 4.98 Å². The monoisotopic (exact) mass is 489 g/mol. The molecule has 1 aromatic carbocycles. The molecule has 2 aliphatic rings. The Morgan fingerprint density at radius 2 is 1.86 bits per heavy atom. The number of likely N-dealkylation sites (tertiary alicyclic amines) is 1. The third kappa shape index (κ3) is 5.38. The van der Waals surface area contributed by atoms with Gasteiger partial charge in [0.05, 0.1) is 6.04 Å². The number of anilines is 2. The Hall–Kier alpha value is -3.79. The molecule has 1 atom stereocenters. The van der Waals surface area contributed by atoms with Crippen LogP contribution in [0.4, 0.5) is 11.5 Å². The lowest BCUT2D eigenvalue weighted by Gasteiger charge is -2.31. The predicted molar refractivity (Wildman–Crippen MR) is 135 cm³/mol. The van der Waals surface area contributed by atoms with Crippen LogP contribution in [0.3, 0.4) is 0 Å². The number of hydrogen-bond acceptors (Lipinski definition) is 8. The van der Waals surface area contributed by atoms with Crippen molar-refractivity contribution >= 4 is 23.3 Å². The topological polar surface area (TPSA) is 130 Å². The maximum atomic E-state index is 11.4. The molecule has 2 aliphatic heterocycles. The van der Waals surface area contributed by atoms with Crippen molar-refractivity contribution in [3.63, 3.8) is 0 Å². The number of nitrogens with one attached hydrogen (secondary N) is 1. The Morgan fingerprint density at radius 1 is 1.08 bits per heavy atom. The standard InChI is InChI=1S/C26H31N7O3/c1-17(34)29-21-7-4-18(5-8-21)16-33-12-2-3-22(33)26-30-25(31-36-26)20-6-9-23(28-15-20)32-13-10-19(11-14-32)24(27)35/h4-9,15,19,22H,2-3,10-14,16H2,1H3,(H2,27,35)(H,29,34)/t22-/m0/s1. The van der Waals surface area contributed by atoms with Crippen molar-refractivity contribution in [3.8, 4) is 11.4 Å². The summed E-state index contributed by atoms with van der Waals surface area (Å²) in [4.78, 5) is 36.5. The van der Waals surface area contributed by atoms with Gasteiger partial charge in [-0.15, -0.1) is 0 Å². The van der Waals surface area contributed by atoms with E-state index >= 15 is 0 Å². The number of amides is 2. The number of primary amides is 1. The summed E-state index contributed by atoms with van der Waals surface area (Å²) in [5.74, 6) is 1.68. The van der Waals surface area contributed by atoms with E-state index in [0.29, 0.717) is 11.7 Å². The highest BCUT2D eigenvalue weighted by atomic mass is 16.5. The van der Waals surface area contributed by atoms with Gasteiger partial charge in [0.1, 0.15) is 5.82 Å². The van der Waals surface area contributed by atoms with E-state index in [0.717, 1.165) is 74.5 Å². The molecular weight excluding hydrogens is 458 g/mol. The molecule has 2 saturated heterocycles. The maximum Gasteiger partial charge on any atom is 0.244 e. The summed E-state index contributed by atoms with van der Waals surface area (Å²) < 4.78 is 5.68. The van der Waals surface area contributed by atoms with Crippen molar-refractivity contribution in [2.75, 3.05) is 29.9 Å². The summed E-state index contributed by atoms with van der Waals surface area (Å²) in [5.41, 5.74) is 8.20. The van der Waals surface area contributed by atoms with E-state index in [4.69, 9.17) is 15.2 Å². The highest BCUT2D eigenvalue weighted by molar-refractivity contribution is 5.88. The molecule has 0 radical (unpaired) electrons. The van der Waals surface area contributed by atoms with Gasteiger partial charge in [0.15, 0.2) is 0 Å². The number of aromatic nitrogens is 3. The van der Waals surface area contributed by atoms with E-state index in [9.17, 15) is 9.59 Å². The minimum Gasteiger partial charge on any atom is -0.369 e. The van der Waals surface area contributed by atoms with Crippen molar-refractivity contribution in [2.24, 2.45) is 11.7 Å². The van der Waals surface area contributed by atoms with Gasteiger partial charge in [0, 0.05) is 49.9 Å². The van der Waals surface area contributed by atoms with Crippen LogP contribution in [0.5, 0.6) is 0 Å². The lowest BCUT2D eigenvalue weighted by molar-refractivity contribution is -0.122. The van der Waals surface area contributed by atoms with Crippen LogP contribution in [0, 0.1) is 5.92 Å². The first-order valence-electron chi connectivity index (χ1n) is 12.4. The van der Waals surface area contributed by atoms with Gasteiger partial charge < -0.3 is 20.5 Å². The SMILES string of the molecule is CC(=O)Nc1ccc(CN2CCC[C@H]2c2nc(-c3ccc(N4CCC(C(N)=O)CC4)nc3)no2)cc1. The molecule has 0 bridgehead atoms. The van der Waals surface area contributed by atoms with Crippen LogP contribution < -0.4 is 16.0 Å². The fraction of sp³-hybridized carbons (Fsp3) is 0.423. The summed E-state index contributed by atoms with van der Waals surface area (Å²) >= 11 is 0. The smallest absolute Gasteiger partial charge is 0.244 e. The summed E-state index contributed by atoms with van der Waals surface area (Å²) in [5, 5.41) is 7.02. The molecule has 10 nitrogen and oxygen atoms in total. The van der Waals surface area contributed by atoms with Gasteiger partial charge in [0.2, 0.25) is 23.5 Å². The molecule has 0 spiro atoms. The van der Waals surface area contributed by atoms with E-state index in [1.807, 2.05) is 36.4 Å². The average molecular weight is 490 g/mol. The van der Waals surface area contributed by atoms with Crippen molar-refractivity contribution in [3.05, 3.63) is 54.0 Å². The number of rotatable bonds is 7. The highest BCUT2D eigenvalue weighted by Gasteiger charge is 2.31. The number of carbonyl (C=O) groups excluding carboxylic acids is 2. The normalized spacial score (nSPS) is 18.9. The first-order chi connectivity index (χ1) is 17.5. The van der Waals surface area contributed by atoms with Gasteiger partial charge >= 0.3 is 0 Å². The Morgan fingerprint density at radius 3 is 2.53 bits per heavy atom. The predicted octanol–water partition coefficient (Wildman–Crippen LogP) is 3.13. The Labute approximate surface area is 209 Å². The minimum absolute atomic E-state index is 0.0449. The second kappa shape index (κ2) is 10.4. The first kappa shape index (κ1) is 23.9. The largest absolute Gasteiger partial charge is 0.369 e. The molecule has 2 fully saturated rings. The minimum atomic E-state index is -0.216. The average Bonchev–Trinajstić information content (AvgIpc) is 3.55. The van der Waals surface area contributed by atoms with Crippen molar-refractivity contribution < 1.29 is 14.1 Å². The van der Waals surface area contributed by atoms with Crippen LogP contribution >= 0.6 is 0 Å². The van der Waals surface area contributed by atoms with Gasteiger partial charge in [-0.25, -0.2) is 4.98 Å². The molecular formula is C26H31N7O3. The van der Waals surface area contributed by atoms with E-state index in [2.05, 4.69) is 25.3 Å². The number of carbonyl (C=O) groups is 2. The zero-order valence-corrected chi connectivity index (χ0v) is 20.4. The Balaban J connectivity index is 1.22. The lowest BCUT2D eigenvalue weighted by Crippen LogP contribution is -2.38. The number of hydrogen-bond donors (Lipinski definition) is 2. The summed E-state index contributed by atoms with van der Waals surface area (Å²) in [7, 11) is 0. The molecule has 2 aromatic heterocycles. The molecule has 3 N–H and O–H groups in total. The molecule has 10 heteroatoms. The van der Waals surface area contributed by atoms with Crippen molar-refractivity contribution in [1.82, 2.24) is 20.0 Å². The summed E-state index contributed by atoms with van der Waals surface area (Å²) in [6, 6.07) is 11.9. The van der Waals surface area contributed by atoms with Crippen LogP contribution in [0.15, 0.2) is 47.1 Å². The third-order valence-corrected chi connectivity index (χ3v) is 6.98. The van der Waals surface area contributed by atoms with Crippen LogP contribution in [0.2, 0.25) is 0 Å². The molecule has 0 aliphatic carbocycles. The van der Waals surface area contributed by atoms with Crippen molar-refractivity contribution in [1.29, 1.82) is 0 Å². The Bertz CT molecular complexity index is 1200. The van der Waals surface area contributed by atoms with E-state index < -0.39 is 0 Å². The molecule has 0 saturated carbocycles. The number of benzene rings is 1. The lowest BCUT2D eigenvalue weighted by atomic mass is 9.96. The molecule has 2 amide bonds. The fourth-order valence-corrected chi connectivity index (χ4v) is 5.01. The number of piperidine rings is 1. The van der Waals surface area contributed by atoms with Crippen LogP contribution in [0.25, 0.3) is 11.4 Å². The van der Waals surface area contributed by atoms with Gasteiger partial charge in [-0.3, -0.25) is 14.5 Å². The molecule has 5 rings (SSSR count). The van der Waals surface area contributed by atoms with Crippen LogP contribution in [-0.4, -0.2) is 51.5 Å². The second-order valence-electron chi connectivity index (χ2n) is 9.53. The zero-order chi connectivity index (χ0) is 25.1. The number of pyridine rings is 1. The van der Waals surface area contributed by atoms with Crippen LogP contribution in [0.1, 0.15) is 50.1 Å². The Kier molecular flexibility index (Phi) is 6.95. The van der Waals surface area contributed by atoms with Crippen molar-refractivity contribution in [2.45, 2.75) is 45.2 Å². The van der Waals surface area contributed by atoms with Gasteiger partial charge in [-0.1, -0.05) is 17.3 Å². The van der Waals surface area contributed by atoms with Gasteiger partial charge in [0.25, 0.3) is 0 Å². The molecule has 0 unspecified atom stereocenters. The third-order valence-electron chi connectivity index (χ3n) is 6.98. The fourth-order valence-electron chi connectivity index (χ4n) is 5.01. The summed E-state index contributed by atoms with van der Waals surface area (Å²) in [6.07, 6.45) is 5.31. The maximum absolute atomic E-state index is 11.4. The first-order valence-corrected chi connectivity index (χ1v) is 12.4. The zero-order valence-electron chi connectivity index (χ0n) is 20.4. The molecule has 188 valence electrons. The molecule has 36 heavy (non-hydrogen) atoms. The second-order valence-corrected chi connectivity index (χ2v) is 9.53. The summed E-state index contributed by atoms with van der Waals surface area (Å²) in [6.45, 7) is 4.76. The van der Waals surface area contributed by atoms with E-state index in [1.165, 1.54) is 6.92 Å². The quantitative estimate of drug-likeness (QED) is 0.518. The number of nitrogens with zero attached hydrogens (tertiary/aromatic N) is 5. The van der Waals surface area contributed by atoms with Crippen LogP contribution in [-0.2, 0) is 16.1 Å². The van der Waals surface area contributed by atoms with E-state index in [-0.39, 0.29) is 23.8 Å². The molecule has 3 aromatic rings. The highest BCUT2D eigenvalue weighted by Crippen LogP contribution is 2.33. The van der Waals surface area contributed by atoms with Gasteiger partial charge in [-0.05, 0) is 62.1 Å². The molecule has 4 heterocycles. The van der Waals surface area contributed by atoms with E-state index in [1.54, 1.807) is 6.20 Å². The number of nitrogens with two attached hydrogens (primary N) is 1.